The Kier molecular flexibility index (Phi) is 19.3. The first kappa shape index (κ1) is 56.4. The lowest BCUT2D eigenvalue weighted by molar-refractivity contribution is 0.166. The van der Waals surface area contributed by atoms with E-state index < -0.39 is 19.9 Å². The van der Waals surface area contributed by atoms with Crippen molar-refractivity contribution in [3.63, 3.8) is 0 Å². The molecule has 14 heteroatoms. The largest absolute Gasteiger partial charge is 0.697 e. The van der Waals surface area contributed by atoms with E-state index in [0.717, 1.165) is 81.7 Å². The van der Waals surface area contributed by atoms with E-state index in [2.05, 4.69) is 112 Å². The summed E-state index contributed by atoms with van der Waals surface area (Å²) in [6.07, 6.45) is 6.71. The molecule has 6 aromatic rings. The summed E-state index contributed by atoms with van der Waals surface area (Å²) in [5, 5.41) is 0. The molecule has 11 nitrogen and oxygen atoms in total. The maximum Gasteiger partial charge on any atom is 0.697 e. The highest BCUT2D eigenvalue weighted by Gasteiger charge is 2.38. The van der Waals surface area contributed by atoms with E-state index in [4.69, 9.17) is 28.0 Å². The van der Waals surface area contributed by atoms with Gasteiger partial charge in [0.25, 0.3) is 0 Å². The van der Waals surface area contributed by atoms with Crippen LogP contribution in [0.15, 0.2) is 109 Å². The Morgan fingerprint density at radius 2 is 0.934 bits per heavy atom. The number of halogens is 2. The van der Waals surface area contributed by atoms with Crippen LogP contribution < -0.4 is 18.9 Å². The third kappa shape index (κ3) is 14.8. The van der Waals surface area contributed by atoms with E-state index >= 15 is 8.78 Å². The quantitative estimate of drug-likeness (QED) is 0.0439. The minimum Gasteiger partial charge on any atom is -0.489 e. The lowest BCUT2D eigenvalue weighted by atomic mass is 9.95. The van der Waals surface area contributed by atoms with Crippen LogP contribution in [0.5, 0.6) is 23.3 Å². The van der Waals surface area contributed by atoms with Gasteiger partial charge in [0, 0.05) is 76.9 Å². The van der Waals surface area contributed by atoms with Crippen LogP contribution in [-0.4, -0.2) is 71.4 Å². The fraction of sp³-hybridized carbons (Fsp3) is 0.452. The van der Waals surface area contributed by atoms with Crippen molar-refractivity contribution in [1.29, 1.82) is 0 Å². The summed E-state index contributed by atoms with van der Waals surface area (Å²) < 4.78 is 79.8. The molecule has 76 heavy (non-hydrogen) atoms. The Balaban J connectivity index is 0.892. The molecule has 0 saturated heterocycles. The number of methoxy groups -OCH3 is 2. The maximum atomic E-state index is 15.3. The zero-order valence-electron chi connectivity index (χ0n) is 45.9. The van der Waals surface area contributed by atoms with Gasteiger partial charge in [0.1, 0.15) is 49.6 Å². The highest BCUT2D eigenvalue weighted by Crippen LogP contribution is 2.47. The summed E-state index contributed by atoms with van der Waals surface area (Å²) in [5.41, 5.74) is 8.52. The lowest BCUT2D eigenvalue weighted by Gasteiger charge is -2.31. The molecular weight excluding hydrogens is 982 g/mol. The van der Waals surface area contributed by atoms with Crippen molar-refractivity contribution >= 4 is 8.25 Å². The van der Waals surface area contributed by atoms with Crippen LogP contribution in [0.4, 0.5) is 8.78 Å². The van der Waals surface area contributed by atoms with Gasteiger partial charge in [0.05, 0.1) is 26.6 Å². The topological polar surface area (TPSA) is 105 Å². The van der Waals surface area contributed by atoms with Crippen LogP contribution in [-0.2, 0) is 39.9 Å². The number of rotatable bonds is 28. The van der Waals surface area contributed by atoms with Crippen molar-refractivity contribution in [2.45, 2.75) is 143 Å². The molecule has 0 N–H and O–H groups in total. The summed E-state index contributed by atoms with van der Waals surface area (Å²) >= 11 is 0. The molecule has 0 spiro atoms. The molecule has 2 unspecified atom stereocenters. The first-order chi connectivity index (χ1) is 36.6. The van der Waals surface area contributed by atoms with Gasteiger partial charge < -0.3 is 18.9 Å². The molecule has 2 aliphatic carbocycles. The molecule has 2 aromatic heterocycles. The average Bonchev–Trinajstić information content (AvgIpc) is 4.37. The molecule has 2 fully saturated rings. The Hall–Kier alpha value is -5.82. The fourth-order valence-corrected chi connectivity index (χ4v) is 11.0. The number of nitrogens with zero attached hydrogens (tertiary/aromatic N) is 4. The molecule has 0 bridgehead atoms. The first-order valence-electron chi connectivity index (χ1n) is 26.9. The summed E-state index contributed by atoms with van der Waals surface area (Å²) in [4.78, 5) is 12.9. The van der Waals surface area contributed by atoms with Gasteiger partial charge in [-0.2, -0.15) is 0 Å². The average molecular weight is 1060 g/mol. The zero-order chi connectivity index (χ0) is 54.0. The summed E-state index contributed by atoms with van der Waals surface area (Å²) in [6.45, 7) is 19.8. The van der Waals surface area contributed by atoms with Gasteiger partial charge in [-0.3, -0.25) is 9.80 Å². The van der Waals surface area contributed by atoms with Crippen molar-refractivity contribution in [3.05, 3.63) is 154 Å². The highest BCUT2D eigenvalue weighted by atomic mass is 31.1. The molecule has 404 valence electrons. The second kappa shape index (κ2) is 26.0. The van der Waals surface area contributed by atoms with Crippen molar-refractivity contribution in [2.24, 2.45) is 11.8 Å². The van der Waals surface area contributed by atoms with E-state index in [1.165, 1.54) is 26.6 Å². The van der Waals surface area contributed by atoms with Crippen molar-refractivity contribution in [3.8, 4) is 45.5 Å². The van der Waals surface area contributed by atoms with Crippen LogP contribution >= 0.6 is 8.25 Å². The van der Waals surface area contributed by atoms with Crippen LogP contribution in [0.3, 0.4) is 0 Å². The van der Waals surface area contributed by atoms with Gasteiger partial charge in [-0.05, 0) is 162 Å². The number of aromatic nitrogens is 2. The van der Waals surface area contributed by atoms with Gasteiger partial charge in [-0.1, -0.05) is 60.7 Å². The van der Waals surface area contributed by atoms with Crippen molar-refractivity contribution in [2.75, 3.05) is 27.4 Å². The van der Waals surface area contributed by atoms with Crippen LogP contribution in [0.1, 0.15) is 126 Å². The second-order valence-corrected chi connectivity index (χ2v) is 22.5. The molecule has 0 radical (unpaired) electrons. The molecule has 4 aromatic carbocycles. The van der Waals surface area contributed by atoms with Crippen molar-refractivity contribution < 1.29 is 41.3 Å². The molecular formula is C62H76F2N4O7P+. The minimum absolute atomic E-state index is 0.0345. The summed E-state index contributed by atoms with van der Waals surface area (Å²) in [5.74, 6) is 2.25. The molecule has 2 saturated carbocycles. The minimum atomic E-state index is -2.38. The van der Waals surface area contributed by atoms with Crippen LogP contribution in [0, 0.1) is 23.5 Å². The fourth-order valence-electron chi connectivity index (χ4n) is 10.4. The van der Waals surface area contributed by atoms with Crippen molar-refractivity contribution in [1.82, 2.24) is 19.8 Å². The molecule has 2 heterocycles. The van der Waals surface area contributed by atoms with Gasteiger partial charge in [-0.15, -0.1) is 9.05 Å². The zero-order valence-corrected chi connectivity index (χ0v) is 46.8. The third-order valence-corrected chi connectivity index (χ3v) is 15.6. The SMILES string of the molecule is COc1cc(-c2ccc(COc3cccc(C(CO[P+](=O)OCC(c4cccc(OCc5ccc(-c6cc(OC)ncc6F)c(CN(C(C)C)C(C)C)c5)c4)C4CC4)C4CC4)c3)cc2CN(C(C)C)C(C)C)c(F)cn1. The Morgan fingerprint density at radius 3 is 1.29 bits per heavy atom. The number of benzene rings is 4. The first-order valence-corrected chi connectivity index (χ1v) is 28.0. The highest BCUT2D eigenvalue weighted by molar-refractivity contribution is 7.33. The van der Waals surface area contributed by atoms with E-state index in [0.29, 0.717) is 61.0 Å². The molecule has 0 amide bonds. The van der Waals surface area contributed by atoms with Gasteiger partial charge in [-0.25, -0.2) is 18.7 Å². The predicted molar refractivity (Wildman–Crippen MR) is 296 cm³/mol. The van der Waals surface area contributed by atoms with Gasteiger partial charge >= 0.3 is 8.25 Å². The van der Waals surface area contributed by atoms with E-state index in [-0.39, 0.29) is 49.2 Å². The Bertz CT molecular complexity index is 2700. The van der Waals surface area contributed by atoms with E-state index in [1.54, 1.807) is 12.1 Å². The monoisotopic (exact) mass is 1060 g/mol. The number of hydrogen-bond donors (Lipinski definition) is 0. The smallest absolute Gasteiger partial charge is 0.489 e. The Morgan fingerprint density at radius 1 is 0.539 bits per heavy atom. The van der Waals surface area contributed by atoms with Crippen LogP contribution in [0.25, 0.3) is 22.3 Å². The van der Waals surface area contributed by atoms with E-state index in [1.807, 2.05) is 48.5 Å². The second-order valence-electron chi connectivity index (χ2n) is 21.5. The van der Waals surface area contributed by atoms with Gasteiger partial charge in [0.2, 0.25) is 11.8 Å². The Labute approximate surface area is 450 Å². The van der Waals surface area contributed by atoms with Crippen LogP contribution in [0.2, 0.25) is 0 Å². The number of ether oxygens (including phenoxy) is 4. The normalized spacial score (nSPS) is 14.8. The van der Waals surface area contributed by atoms with E-state index in [9.17, 15) is 4.57 Å². The molecule has 2 atom stereocenters. The third-order valence-electron chi connectivity index (χ3n) is 14.8. The molecule has 0 aliphatic heterocycles. The molecule has 8 rings (SSSR count). The molecule has 2 aliphatic rings. The number of hydrogen-bond acceptors (Lipinski definition) is 11. The summed E-state index contributed by atoms with van der Waals surface area (Å²) in [6, 6.07) is 32.7. The summed E-state index contributed by atoms with van der Waals surface area (Å²) in [7, 11) is 0.678. The maximum absolute atomic E-state index is 15.3. The predicted octanol–water partition coefficient (Wildman–Crippen LogP) is 14.9. The number of pyridine rings is 2. The lowest BCUT2D eigenvalue weighted by Crippen LogP contribution is -2.36. The standard InChI is InChI=1S/C62H76F2N4O7P/c1-39(2)67(40(3)4)33-49-25-43(17-23-53(49)55-29-61(70-9)65-31-59(55)63)35-72-51-15-11-13-47(27-51)57(45-19-20-45)37-74-76(69)75-38-58(46-21-22-46)48-14-12-16-52(28-48)73-36-44-18-24-54(56-30-62(71-10)66-32-60(56)64)50(26-44)34-68(41(5)6)42(7)8/h11-18,23-32,39-42,45-46,57-58H,19-22,33-38H2,1-10H3/q+1. The van der Waals surface area contributed by atoms with Gasteiger partial charge in [0.15, 0.2) is 0 Å².